The lowest BCUT2D eigenvalue weighted by atomic mass is 10.1. The molecule has 0 atom stereocenters. The average Bonchev–Trinajstić information content (AvgIpc) is 3.42. The number of hydrogen-bond donors (Lipinski definition) is 0. The fourth-order valence-electron chi connectivity index (χ4n) is 2.93. The van der Waals surface area contributed by atoms with Crippen molar-refractivity contribution in [1.82, 2.24) is 19.7 Å². The van der Waals surface area contributed by atoms with Crippen molar-refractivity contribution in [2.24, 2.45) is 0 Å². The van der Waals surface area contributed by atoms with Gasteiger partial charge in [-0.05, 0) is 36.8 Å². The summed E-state index contributed by atoms with van der Waals surface area (Å²) < 4.78 is 7.92. The van der Waals surface area contributed by atoms with Crippen molar-refractivity contribution in [2.45, 2.75) is 13.5 Å². The number of benzene rings is 2. The number of likely N-dealkylation sites (N-methyl/N-ethyl adjacent to an activating group) is 1. The molecular formula is C21H19N5O3S. The lowest BCUT2D eigenvalue weighted by Crippen LogP contribution is -2.34. The smallest absolute Gasteiger partial charge is 0.338 e. The van der Waals surface area contributed by atoms with Crippen LogP contribution >= 0.6 is 11.3 Å². The Kier molecular flexibility index (Phi) is 5.80. The zero-order valence-corrected chi connectivity index (χ0v) is 17.1. The van der Waals surface area contributed by atoms with E-state index in [1.54, 1.807) is 23.1 Å². The summed E-state index contributed by atoms with van der Waals surface area (Å²) in [7, 11) is 0. The number of fused-ring (bicyclic) bond motifs is 1. The molecule has 0 bridgehead atoms. The molecule has 9 heteroatoms. The molecule has 0 unspecified atom stereocenters. The SMILES string of the molecule is CCN(C(=O)COC(=O)c1ccc(Cn2cncn2)cc1)c1nc2ccccc2s1. The first-order valence-corrected chi connectivity index (χ1v) is 10.2. The maximum atomic E-state index is 12.6. The van der Waals surface area contributed by atoms with Crippen molar-refractivity contribution in [2.75, 3.05) is 18.1 Å². The molecule has 2 aromatic carbocycles. The van der Waals surface area contributed by atoms with E-state index in [-0.39, 0.29) is 12.5 Å². The number of nitrogens with zero attached hydrogens (tertiary/aromatic N) is 5. The van der Waals surface area contributed by atoms with Crippen LogP contribution in [0.15, 0.2) is 61.2 Å². The Morgan fingerprint density at radius 1 is 1.13 bits per heavy atom. The third kappa shape index (κ3) is 4.36. The number of thiazole rings is 1. The van der Waals surface area contributed by atoms with Crippen LogP contribution in [0.3, 0.4) is 0 Å². The Hall–Kier alpha value is -3.59. The zero-order valence-electron chi connectivity index (χ0n) is 16.3. The fraction of sp³-hybridized carbons (Fsp3) is 0.190. The van der Waals surface area contributed by atoms with Gasteiger partial charge >= 0.3 is 5.97 Å². The number of para-hydroxylation sites is 1. The van der Waals surface area contributed by atoms with Crippen LogP contribution < -0.4 is 4.90 Å². The Bertz CT molecular complexity index is 1120. The standard InChI is InChI=1S/C21H19N5O3S/c1-2-26(21-24-17-5-3-4-6-18(17)30-21)19(27)12-29-20(28)16-9-7-15(8-10-16)11-25-14-22-13-23-25/h3-10,13-14H,2,11-12H2,1H3. The molecular weight excluding hydrogens is 402 g/mol. The summed E-state index contributed by atoms with van der Waals surface area (Å²) in [5, 5.41) is 4.64. The van der Waals surface area contributed by atoms with Gasteiger partial charge in [0, 0.05) is 6.54 Å². The van der Waals surface area contributed by atoms with Gasteiger partial charge in [0.15, 0.2) is 11.7 Å². The maximum absolute atomic E-state index is 12.6. The van der Waals surface area contributed by atoms with E-state index in [1.807, 2.05) is 43.3 Å². The normalized spacial score (nSPS) is 10.8. The lowest BCUT2D eigenvalue weighted by molar-refractivity contribution is -0.121. The highest BCUT2D eigenvalue weighted by Crippen LogP contribution is 2.28. The fourth-order valence-corrected chi connectivity index (χ4v) is 3.98. The van der Waals surface area contributed by atoms with Crippen molar-refractivity contribution >= 4 is 38.6 Å². The molecule has 30 heavy (non-hydrogen) atoms. The molecule has 0 aliphatic heterocycles. The molecule has 4 rings (SSSR count). The number of ether oxygens (including phenoxy) is 1. The van der Waals surface area contributed by atoms with E-state index < -0.39 is 5.97 Å². The second kappa shape index (κ2) is 8.83. The van der Waals surface area contributed by atoms with Crippen LogP contribution in [0, 0.1) is 0 Å². The summed E-state index contributed by atoms with van der Waals surface area (Å²) in [6.07, 6.45) is 3.09. The first kappa shape index (κ1) is 19.7. The van der Waals surface area contributed by atoms with Crippen molar-refractivity contribution in [3.8, 4) is 0 Å². The van der Waals surface area contributed by atoms with Crippen LogP contribution in [0.1, 0.15) is 22.8 Å². The average molecular weight is 421 g/mol. The minimum Gasteiger partial charge on any atom is -0.452 e. The molecule has 152 valence electrons. The van der Waals surface area contributed by atoms with Gasteiger partial charge in [0.1, 0.15) is 12.7 Å². The van der Waals surface area contributed by atoms with Gasteiger partial charge < -0.3 is 4.74 Å². The predicted molar refractivity (Wildman–Crippen MR) is 113 cm³/mol. The zero-order chi connectivity index (χ0) is 20.9. The Morgan fingerprint density at radius 3 is 2.63 bits per heavy atom. The van der Waals surface area contributed by atoms with Crippen LogP contribution in [0.5, 0.6) is 0 Å². The van der Waals surface area contributed by atoms with Gasteiger partial charge in [0.05, 0.1) is 22.3 Å². The van der Waals surface area contributed by atoms with Gasteiger partial charge in [-0.1, -0.05) is 35.6 Å². The van der Waals surface area contributed by atoms with Gasteiger partial charge in [0.2, 0.25) is 0 Å². The third-order valence-electron chi connectivity index (χ3n) is 4.46. The molecule has 8 nitrogen and oxygen atoms in total. The van der Waals surface area contributed by atoms with Gasteiger partial charge in [0.25, 0.3) is 5.91 Å². The molecule has 0 N–H and O–H groups in total. The summed E-state index contributed by atoms with van der Waals surface area (Å²) in [6, 6.07) is 14.7. The summed E-state index contributed by atoms with van der Waals surface area (Å²) in [5.41, 5.74) is 2.20. The van der Waals surface area contributed by atoms with Crippen LogP contribution in [0.4, 0.5) is 5.13 Å². The number of carbonyl (C=O) groups excluding carboxylic acids is 2. The van der Waals surface area contributed by atoms with Crippen LogP contribution in [-0.2, 0) is 16.1 Å². The quantitative estimate of drug-likeness (QED) is 0.426. The van der Waals surface area contributed by atoms with Gasteiger partial charge in [-0.25, -0.2) is 19.4 Å². The second-order valence-corrected chi connectivity index (χ2v) is 7.48. The van der Waals surface area contributed by atoms with Crippen molar-refractivity contribution in [3.05, 3.63) is 72.3 Å². The topological polar surface area (TPSA) is 90.2 Å². The molecule has 0 aliphatic rings. The number of aromatic nitrogens is 4. The van der Waals surface area contributed by atoms with Gasteiger partial charge in [-0.15, -0.1) is 0 Å². The Morgan fingerprint density at radius 2 is 1.93 bits per heavy atom. The van der Waals surface area contributed by atoms with Crippen molar-refractivity contribution < 1.29 is 14.3 Å². The summed E-state index contributed by atoms with van der Waals surface area (Å²) in [6.45, 7) is 2.51. The van der Waals surface area contributed by atoms with E-state index in [4.69, 9.17) is 4.74 Å². The van der Waals surface area contributed by atoms with Crippen molar-refractivity contribution in [3.63, 3.8) is 0 Å². The molecule has 4 aromatic rings. The first-order chi connectivity index (χ1) is 14.6. The predicted octanol–water partition coefficient (Wildman–Crippen LogP) is 3.15. The molecule has 0 fully saturated rings. The summed E-state index contributed by atoms with van der Waals surface area (Å²) in [5.74, 6) is -0.858. The molecule has 0 saturated carbocycles. The molecule has 0 aliphatic carbocycles. The highest BCUT2D eigenvalue weighted by atomic mass is 32.1. The third-order valence-corrected chi connectivity index (χ3v) is 5.52. The van der Waals surface area contributed by atoms with E-state index in [0.717, 1.165) is 15.8 Å². The minimum atomic E-state index is -0.545. The first-order valence-electron chi connectivity index (χ1n) is 9.38. The van der Waals surface area contributed by atoms with Crippen LogP contribution in [0.25, 0.3) is 10.2 Å². The number of rotatable bonds is 7. The maximum Gasteiger partial charge on any atom is 0.338 e. The van der Waals surface area contributed by atoms with E-state index >= 15 is 0 Å². The Balaban J connectivity index is 1.36. The van der Waals surface area contributed by atoms with E-state index in [0.29, 0.717) is 23.8 Å². The molecule has 1 amide bonds. The number of amides is 1. The van der Waals surface area contributed by atoms with Crippen molar-refractivity contribution in [1.29, 1.82) is 0 Å². The van der Waals surface area contributed by atoms with Crippen LogP contribution in [0.2, 0.25) is 0 Å². The lowest BCUT2D eigenvalue weighted by Gasteiger charge is -2.17. The summed E-state index contributed by atoms with van der Waals surface area (Å²) in [4.78, 5) is 34.9. The molecule has 0 radical (unpaired) electrons. The monoisotopic (exact) mass is 421 g/mol. The number of esters is 1. The van der Waals surface area contributed by atoms with E-state index in [1.165, 1.54) is 22.6 Å². The Labute approximate surface area is 176 Å². The van der Waals surface area contributed by atoms with Gasteiger partial charge in [-0.2, -0.15) is 5.10 Å². The molecule has 0 spiro atoms. The number of hydrogen-bond acceptors (Lipinski definition) is 7. The highest BCUT2D eigenvalue weighted by molar-refractivity contribution is 7.22. The van der Waals surface area contributed by atoms with Gasteiger partial charge in [-0.3, -0.25) is 9.69 Å². The minimum absolute atomic E-state index is 0.312. The van der Waals surface area contributed by atoms with E-state index in [2.05, 4.69) is 15.1 Å². The number of anilines is 1. The molecule has 2 aromatic heterocycles. The highest BCUT2D eigenvalue weighted by Gasteiger charge is 2.20. The van der Waals surface area contributed by atoms with Crippen LogP contribution in [-0.4, -0.2) is 44.8 Å². The molecule has 0 saturated heterocycles. The van der Waals surface area contributed by atoms with E-state index in [9.17, 15) is 9.59 Å². The molecule has 2 heterocycles. The summed E-state index contributed by atoms with van der Waals surface area (Å²) >= 11 is 1.43. The number of carbonyl (C=O) groups is 2. The largest absolute Gasteiger partial charge is 0.452 e. The second-order valence-electron chi connectivity index (χ2n) is 6.47.